The minimum absolute atomic E-state index is 0.858. The zero-order chi connectivity index (χ0) is 10.8. The first-order valence-corrected chi connectivity index (χ1v) is 6.48. The quantitative estimate of drug-likeness (QED) is 0.765. The number of hydrogen-bond donors (Lipinski definition) is 0. The van der Waals surface area contributed by atoms with Crippen molar-refractivity contribution in [2.24, 2.45) is 0 Å². The van der Waals surface area contributed by atoms with Crippen LogP contribution in [0.4, 0.5) is 0 Å². The molecule has 0 fully saturated rings. The molecule has 0 saturated carbocycles. The molecule has 0 spiro atoms. The van der Waals surface area contributed by atoms with E-state index < -0.39 is 0 Å². The Hall–Kier alpha value is -0.610. The van der Waals surface area contributed by atoms with Gasteiger partial charge in [-0.2, -0.15) is 0 Å². The third kappa shape index (κ3) is 2.16. The number of aryl methyl sites for hydroxylation is 1. The van der Waals surface area contributed by atoms with Crippen LogP contribution in [0.2, 0.25) is 0 Å². The lowest BCUT2D eigenvalue weighted by Gasteiger charge is -2.07. The Morgan fingerprint density at radius 1 is 1.40 bits per heavy atom. The molecule has 1 aromatic carbocycles. The van der Waals surface area contributed by atoms with Crippen LogP contribution >= 0.6 is 31.9 Å². The van der Waals surface area contributed by atoms with E-state index in [1.165, 1.54) is 5.56 Å². The zero-order valence-electron chi connectivity index (χ0n) is 8.24. The van der Waals surface area contributed by atoms with Gasteiger partial charge < -0.3 is 4.57 Å². The van der Waals surface area contributed by atoms with E-state index in [1.54, 1.807) is 0 Å². The summed E-state index contributed by atoms with van der Waals surface area (Å²) in [7, 11) is 0. The molecule has 1 aromatic heterocycles. The lowest BCUT2D eigenvalue weighted by atomic mass is 10.2. The fourth-order valence-electron chi connectivity index (χ4n) is 1.45. The molecular formula is C11H10Br2N2. The minimum Gasteiger partial charge on any atom is -0.304 e. The molecule has 0 saturated heterocycles. The minimum atomic E-state index is 0.858. The van der Waals surface area contributed by atoms with Gasteiger partial charge in [0.05, 0.1) is 0 Å². The Morgan fingerprint density at radius 2 is 2.20 bits per heavy atom. The van der Waals surface area contributed by atoms with Crippen LogP contribution in [0.15, 0.2) is 35.1 Å². The summed E-state index contributed by atoms with van der Waals surface area (Å²) in [6.45, 7) is 1.99. The van der Waals surface area contributed by atoms with Gasteiger partial charge in [-0.1, -0.05) is 37.9 Å². The third-order valence-corrected chi connectivity index (χ3v) is 3.63. The lowest BCUT2D eigenvalue weighted by Crippen LogP contribution is -1.96. The third-order valence-electron chi connectivity index (χ3n) is 2.28. The maximum absolute atomic E-state index is 4.20. The SMILES string of the molecule is Cc1nccn1-c1ccc(CBr)c(Br)c1. The van der Waals surface area contributed by atoms with Crippen LogP contribution in [0, 0.1) is 6.92 Å². The summed E-state index contributed by atoms with van der Waals surface area (Å²) in [6, 6.07) is 6.30. The second kappa shape index (κ2) is 4.49. The molecule has 2 aromatic rings. The van der Waals surface area contributed by atoms with Gasteiger partial charge in [-0.15, -0.1) is 0 Å². The fraction of sp³-hybridized carbons (Fsp3) is 0.182. The average Bonchev–Trinajstić information content (AvgIpc) is 2.64. The molecular weight excluding hydrogens is 320 g/mol. The highest BCUT2D eigenvalue weighted by atomic mass is 79.9. The molecule has 0 radical (unpaired) electrons. The van der Waals surface area contributed by atoms with Gasteiger partial charge in [0.1, 0.15) is 5.82 Å². The molecule has 0 atom stereocenters. The van der Waals surface area contributed by atoms with Crippen molar-refractivity contribution < 1.29 is 0 Å². The number of alkyl halides is 1. The molecule has 4 heteroatoms. The number of imidazole rings is 1. The van der Waals surface area contributed by atoms with Crippen molar-refractivity contribution in [1.82, 2.24) is 9.55 Å². The molecule has 0 amide bonds. The second-order valence-corrected chi connectivity index (χ2v) is 4.67. The molecule has 15 heavy (non-hydrogen) atoms. The summed E-state index contributed by atoms with van der Waals surface area (Å²) < 4.78 is 3.17. The summed E-state index contributed by atoms with van der Waals surface area (Å²) in [6.07, 6.45) is 3.77. The maximum Gasteiger partial charge on any atom is 0.110 e. The highest BCUT2D eigenvalue weighted by molar-refractivity contribution is 9.10. The van der Waals surface area contributed by atoms with Gasteiger partial charge in [0.15, 0.2) is 0 Å². The normalized spacial score (nSPS) is 10.6. The first-order chi connectivity index (χ1) is 7.22. The molecule has 78 valence electrons. The lowest BCUT2D eigenvalue weighted by molar-refractivity contribution is 0.972. The summed E-state index contributed by atoms with van der Waals surface area (Å²) in [5.41, 5.74) is 2.37. The summed E-state index contributed by atoms with van der Waals surface area (Å²) >= 11 is 7.00. The average molecular weight is 330 g/mol. The van der Waals surface area contributed by atoms with Crippen LogP contribution < -0.4 is 0 Å². The smallest absolute Gasteiger partial charge is 0.110 e. The van der Waals surface area contributed by atoms with E-state index >= 15 is 0 Å². The van der Waals surface area contributed by atoms with Crippen LogP contribution in [-0.4, -0.2) is 9.55 Å². The summed E-state index contributed by atoms with van der Waals surface area (Å²) in [5, 5.41) is 0.858. The van der Waals surface area contributed by atoms with Crippen molar-refractivity contribution in [3.05, 3.63) is 46.5 Å². The first kappa shape index (κ1) is 10.9. The van der Waals surface area contributed by atoms with E-state index in [2.05, 4.69) is 59.6 Å². The topological polar surface area (TPSA) is 17.8 Å². The van der Waals surface area contributed by atoms with E-state index in [0.29, 0.717) is 0 Å². The fourth-order valence-corrected chi connectivity index (χ4v) is 2.82. The molecule has 0 unspecified atom stereocenters. The Bertz CT molecular complexity index is 477. The van der Waals surface area contributed by atoms with Crippen molar-refractivity contribution in [3.63, 3.8) is 0 Å². The standard InChI is InChI=1S/C11H10Br2N2/c1-8-14-4-5-15(8)10-3-2-9(7-12)11(13)6-10/h2-6H,7H2,1H3. The largest absolute Gasteiger partial charge is 0.304 e. The van der Waals surface area contributed by atoms with Gasteiger partial charge >= 0.3 is 0 Å². The van der Waals surface area contributed by atoms with Crippen LogP contribution in [0.1, 0.15) is 11.4 Å². The van der Waals surface area contributed by atoms with Crippen molar-refractivity contribution in [3.8, 4) is 5.69 Å². The predicted octanol–water partition coefficient (Wildman–Crippen LogP) is 3.84. The van der Waals surface area contributed by atoms with Crippen LogP contribution in [0.25, 0.3) is 5.69 Å². The van der Waals surface area contributed by atoms with Gasteiger partial charge in [0, 0.05) is 27.9 Å². The Morgan fingerprint density at radius 3 is 2.73 bits per heavy atom. The van der Waals surface area contributed by atoms with Gasteiger partial charge in [-0.25, -0.2) is 4.98 Å². The van der Waals surface area contributed by atoms with E-state index in [-0.39, 0.29) is 0 Å². The highest BCUT2D eigenvalue weighted by Gasteiger charge is 2.03. The molecule has 2 rings (SSSR count). The van der Waals surface area contributed by atoms with Crippen molar-refractivity contribution in [2.75, 3.05) is 0 Å². The van der Waals surface area contributed by atoms with E-state index in [9.17, 15) is 0 Å². The number of aromatic nitrogens is 2. The molecule has 0 aliphatic carbocycles. The van der Waals surface area contributed by atoms with E-state index in [1.807, 2.05) is 19.3 Å². The van der Waals surface area contributed by atoms with Gasteiger partial charge in [0.2, 0.25) is 0 Å². The van der Waals surface area contributed by atoms with Crippen molar-refractivity contribution in [1.29, 1.82) is 0 Å². The number of benzene rings is 1. The molecule has 0 bridgehead atoms. The van der Waals surface area contributed by atoms with E-state index in [0.717, 1.165) is 21.3 Å². The van der Waals surface area contributed by atoms with Crippen molar-refractivity contribution >= 4 is 31.9 Å². The monoisotopic (exact) mass is 328 g/mol. The van der Waals surface area contributed by atoms with Gasteiger partial charge in [-0.05, 0) is 24.6 Å². The van der Waals surface area contributed by atoms with Gasteiger partial charge in [0.25, 0.3) is 0 Å². The van der Waals surface area contributed by atoms with Crippen LogP contribution in [0.3, 0.4) is 0 Å². The number of halogens is 2. The Kier molecular flexibility index (Phi) is 3.26. The number of nitrogens with zero attached hydrogens (tertiary/aromatic N) is 2. The summed E-state index contributed by atoms with van der Waals surface area (Å²) in [4.78, 5) is 4.20. The predicted molar refractivity (Wildman–Crippen MR) is 68.6 cm³/mol. The molecule has 1 heterocycles. The number of rotatable bonds is 2. The highest BCUT2D eigenvalue weighted by Crippen LogP contribution is 2.23. The van der Waals surface area contributed by atoms with Crippen molar-refractivity contribution in [2.45, 2.75) is 12.3 Å². The van der Waals surface area contributed by atoms with E-state index in [4.69, 9.17) is 0 Å². The molecule has 0 aliphatic heterocycles. The molecule has 2 nitrogen and oxygen atoms in total. The Labute approximate surface area is 106 Å². The first-order valence-electron chi connectivity index (χ1n) is 4.57. The Balaban J connectivity index is 2.47. The molecule has 0 N–H and O–H groups in total. The van der Waals surface area contributed by atoms with Crippen LogP contribution in [0.5, 0.6) is 0 Å². The molecule has 0 aliphatic rings. The zero-order valence-corrected chi connectivity index (χ0v) is 11.4. The second-order valence-electron chi connectivity index (χ2n) is 3.25. The van der Waals surface area contributed by atoms with Gasteiger partial charge in [-0.3, -0.25) is 0 Å². The summed E-state index contributed by atoms with van der Waals surface area (Å²) in [5.74, 6) is 0.994. The number of hydrogen-bond acceptors (Lipinski definition) is 1. The van der Waals surface area contributed by atoms with Crippen LogP contribution in [-0.2, 0) is 5.33 Å². The maximum atomic E-state index is 4.20.